The van der Waals surface area contributed by atoms with Crippen molar-refractivity contribution in [3.8, 4) is 5.75 Å². The first-order valence-corrected chi connectivity index (χ1v) is 8.84. The standard InChI is InChI=1S/C21H22N2O3/c1-12-8-9-16(13(2)10-12)22-19(24)18-15-11-21(3,23-20(18)25)26-17-7-5-4-6-14(15)17/h4-10,15,18H,11H2,1-3H3,(H,22,24)(H,23,25)/t15-,18+,21+/m0/s1. The molecule has 0 unspecified atom stereocenters. The van der Waals surface area contributed by atoms with Crippen LogP contribution >= 0.6 is 0 Å². The second-order valence-electron chi connectivity index (χ2n) is 7.46. The molecule has 0 saturated carbocycles. The van der Waals surface area contributed by atoms with E-state index in [1.807, 2.05) is 63.2 Å². The first-order valence-electron chi connectivity index (χ1n) is 8.84. The largest absolute Gasteiger partial charge is 0.468 e. The summed E-state index contributed by atoms with van der Waals surface area (Å²) in [6.07, 6.45) is 0.570. The Morgan fingerprint density at radius 2 is 2.00 bits per heavy atom. The molecule has 5 nitrogen and oxygen atoms in total. The lowest BCUT2D eigenvalue weighted by Gasteiger charge is -2.46. The fraction of sp³-hybridized carbons (Fsp3) is 0.333. The number of hydrogen-bond donors (Lipinski definition) is 2. The fourth-order valence-electron chi connectivity index (χ4n) is 4.05. The molecule has 2 N–H and O–H groups in total. The van der Waals surface area contributed by atoms with Gasteiger partial charge in [0.05, 0.1) is 0 Å². The number of carbonyl (C=O) groups is 2. The minimum atomic E-state index is -0.783. The minimum Gasteiger partial charge on any atom is -0.468 e. The average Bonchev–Trinajstić information content (AvgIpc) is 2.56. The Labute approximate surface area is 152 Å². The van der Waals surface area contributed by atoms with Gasteiger partial charge < -0.3 is 15.4 Å². The molecule has 1 saturated heterocycles. The van der Waals surface area contributed by atoms with Gasteiger partial charge in [0.25, 0.3) is 0 Å². The number of rotatable bonds is 2. The van der Waals surface area contributed by atoms with Crippen LogP contribution in [0.1, 0.15) is 36.0 Å². The van der Waals surface area contributed by atoms with E-state index in [2.05, 4.69) is 10.6 Å². The molecule has 134 valence electrons. The molecule has 0 aliphatic carbocycles. The average molecular weight is 350 g/mol. The van der Waals surface area contributed by atoms with Crippen molar-refractivity contribution in [1.29, 1.82) is 0 Å². The number of nitrogens with one attached hydrogen (secondary N) is 2. The van der Waals surface area contributed by atoms with Crippen molar-refractivity contribution in [3.63, 3.8) is 0 Å². The lowest BCUT2D eigenvalue weighted by molar-refractivity contribution is -0.145. The van der Waals surface area contributed by atoms with Crippen molar-refractivity contribution in [2.45, 2.75) is 38.8 Å². The van der Waals surface area contributed by atoms with Crippen molar-refractivity contribution in [3.05, 3.63) is 59.2 Å². The number of hydrogen-bond acceptors (Lipinski definition) is 3. The number of carbonyl (C=O) groups excluding carboxylic acids is 2. The van der Waals surface area contributed by atoms with E-state index >= 15 is 0 Å². The molecule has 4 rings (SSSR count). The number of benzene rings is 2. The molecule has 3 atom stereocenters. The zero-order chi connectivity index (χ0) is 18.5. The van der Waals surface area contributed by atoms with Gasteiger partial charge in [-0.1, -0.05) is 35.9 Å². The molecule has 26 heavy (non-hydrogen) atoms. The van der Waals surface area contributed by atoms with E-state index in [0.717, 1.165) is 28.1 Å². The second-order valence-corrected chi connectivity index (χ2v) is 7.46. The lowest BCUT2D eigenvalue weighted by atomic mass is 9.74. The SMILES string of the molecule is Cc1ccc(NC(=O)[C@@H]2C(=O)N[C@@]3(C)C[C@H]2c2ccccc2O3)c(C)c1. The second kappa shape index (κ2) is 5.87. The van der Waals surface area contributed by atoms with Crippen LogP contribution in [0.2, 0.25) is 0 Å². The van der Waals surface area contributed by atoms with E-state index in [9.17, 15) is 9.59 Å². The predicted octanol–water partition coefficient (Wildman–Crippen LogP) is 3.27. The zero-order valence-electron chi connectivity index (χ0n) is 15.1. The highest BCUT2D eigenvalue weighted by atomic mass is 16.5. The van der Waals surface area contributed by atoms with Crippen LogP contribution in [-0.4, -0.2) is 17.5 Å². The van der Waals surface area contributed by atoms with Gasteiger partial charge in [-0.15, -0.1) is 0 Å². The van der Waals surface area contributed by atoms with E-state index in [4.69, 9.17) is 4.74 Å². The molecule has 2 aromatic carbocycles. The maximum atomic E-state index is 13.0. The smallest absolute Gasteiger partial charge is 0.237 e. The summed E-state index contributed by atoms with van der Waals surface area (Å²) in [5, 5.41) is 5.83. The maximum absolute atomic E-state index is 13.0. The molecule has 0 spiro atoms. The molecule has 2 amide bonds. The van der Waals surface area contributed by atoms with Crippen LogP contribution < -0.4 is 15.4 Å². The minimum absolute atomic E-state index is 0.204. The van der Waals surface area contributed by atoms with Gasteiger partial charge in [0, 0.05) is 18.0 Å². The molecule has 2 aliphatic rings. The number of ether oxygens (including phenoxy) is 1. The normalized spacial score (nSPS) is 26.3. The Bertz CT molecular complexity index is 908. The molecule has 0 aromatic heterocycles. The highest BCUT2D eigenvalue weighted by Gasteiger charge is 2.51. The molecule has 2 aromatic rings. The number of anilines is 1. The number of para-hydroxylation sites is 1. The summed E-state index contributed by atoms with van der Waals surface area (Å²) in [5.74, 6) is -0.826. The molecular weight excluding hydrogens is 328 g/mol. The van der Waals surface area contributed by atoms with Crippen LogP contribution in [0.15, 0.2) is 42.5 Å². The Kier molecular flexibility index (Phi) is 3.75. The van der Waals surface area contributed by atoms with Gasteiger partial charge in [-0.2, -0.15) is 0 Å². The Hall–Kier alpha value is -2.82. The van der Waals surface area contributed by atoms with Crippen LogP contribution in [-0.2, 0) is 9.59 Å². The van der Waals surface area contributed by atoms with Crippen LogP contribution in [0, 0.1) is 19.8 Å². The fourth-order valence-corrected chi connectivity index (χ4v) is 4.05. The van der Waals surface area contributed by atoms with E-state index < -0.39 is 11.6 Å². The summed E-state index contributed by atoms with van der Waals surface area (Å²) >= 11 is 0. The molecule has 5 heteroatoms. The van der Waals surface area contributed by atoms with E-state index in [1.165, 1.54) is 0 Å². The first kappa shape index (κ1) is 16.6. The molecular formula is C21H22N2O3. The molecule has 2 aliphatic heterocycles. The lowest BCUT2D eigenvalue weighted by Crippen LogP contribution is -2.62. The summed E-state index contributed by atoms with van der Waals surface area (Å²) in [6, 6.07) is 13.5. The Morgan fingerprint density at radius 3 is 2.77 bits per heavy atom. The number of fused-ring (bicyclic) bond motifs is 4. The highest BCUT2D eigenvalue weighted by Crippen LogP contribution is 2.46. The van der Waals surface area contributed by atoms with Gasteiger partial charge in [-0.25, -0.2) is 0 Å². The zero-order valence-corrected chi connectivity index (χ0v) is 15.1. The van der Waals surface area contributed by atoms with Crippen LogP contribution in [0.3, 0.4) is 0 Å². The predicted molar refractivity (Wildman–Crippen MR) is 99.0 cm³/mol. The first-order chi connectivity index (χ1) is 12.4. The van der Waals surface area contributed by atoms with Gasteiger partial charge in [0.1, 0.15) is 11.7 Å². The summed E-state index contributed by atoms with van der Waals surface area (Å²) in [6.45, 7) is 5.81. The summed E-state index contributed by atoms with van der Waals surface area (Å²) < 4.78 is 5.98. The van der Waals surface area contributed by atoms with Crippen molar-refractivity contribution >= 4 is 17.5 Å². The van der Waals surface area contributed by atoms with Gasteiger partial charge in [0.15, 0.2) is 5.72 Å². The maximum Gasteiger partial charge on any atom is 0.237 e. The molecule has 0 radical (unpaired) electrons. The number of aryl methyl sites for hydroxylation is 2. The molecule has 2 heterocycles. The monoisotopic (exact) mass is 350 g/mol. The summed E-state index contributed by atoms with van der Waals surface area (Å²) in [4.78, 5) is 25.8. The third-order valence-corrected chi connectivity index (χ3v) is 5.26. The van der Waals surface area contributed by atoms with Gasteiger partial charge in [-0.05, 0) is 44.0 Å². The Morgan fingerprint density at radius 1 is 1.23 bits per heavy atom. The number of piperidine rings is 1. The van der Waals surface area contributed by atoms with Crippen molar-refractivity contribution in [2.24, 2.45) is 5.92 Å². The topological polar surface area (TPSA) is 67.4 Å². The third kappa shape index (κ3) is 2.73. The van der Waals surface area contributed by atoms with E-state index in [0.29, 0.717) is 6.42 Å². The van der Waals surface area contributed by atoms with E-state index in [-0.39, 0.29) is 17.7 Å². The van der Waals surface area contributed by atoms with Gasteiger partial charge in [0.2, 0.25) is 11.8 Å². The van der Waals surface area contributed by atoms with Crippen LogP contribution in [0.5, 0.6) is 5.75 Å². The molecule has 2 bridgehead atoms. The van der Waals surface area contributed by atoms with Gasteiger partial charge >= 0.3 is 0 Å². The highest BCUT2D eigenvalue weighted by molar-refractivity contribution is 6.08. The van der Waals surface area contributed by atoms with Crippen LogP contribution in [0.25, 0.3) is 0 Å². The van der Waals surface area contributed by atoms with Crippen molar-refractivity contribution in [2.75, 3.05) is 5.32 Å². The van der Waals surface area contributed by atoms with Crippen molar-refractivity contribution < 1.29 is 14.3 Å². The van der Waals surface area contributed by atoms with Gasteiger partial charge in [-0.3, -0.25) is 9.59 Å². The molecule has 1 fully saturated rings. The third-order valence-electron chi connectivity index (χ3n) is 5.26. The van der Waals surface area contributed by atoms with Crippen LogP contribution in [0.4, 0.5) is 5.69 Å². The van der Waals surface area contributed by atoms with Crippen molar-refractivity contribution in [1.82, 2.24) is 5.32 Å². The summed E-state index contributed by atoms with van der Waals surface area (Å²) in [7, 11) is 0. The summed E-state index contributed by atoms with van der Waals surface area (Å²) in [5.41, 5.74) is 2.99. The quantitative estimate of drug-likeness (QED) is 0.817. The Balaban J connectivity index is 1.68. The number of amides is 2. The van der Waals surface area contributed by atoms with E-state index in [1.54, 1.807) is 0 Å².